The molecule has 0 radical (unpaired) electrons. The lowest BCUT2D eigenvalue weighted by Crippen LogP contribution is -2.44. The molecule has 2 saturated heterocycles. The summed E-state index contributed by atoms with van der Waals surface area (Å²) in [5.74, 6) is 0. The van der Waals surface area contributed by atoms with E-state index in [1.165, 1.54) is 12.1 Å². The number of ether oxygens (including phenoxy) is 1. The molecule has 0 aliphatic carbocycles. The Morgan fingerprint density at radius 2 is 1.85 bits per heavy atom. The van der Waals surface area contributed by atoms with E-state index >= 15 is 0 Å². The summed E-state index contributed by atoms with van der Waals surface area (Å²) < 4.78 is 5.49. The van der Waals surface area contributed by atoms with Gasteiger partial charge in [-0.25, -0.2) is 4.79 Å². The van der Waals surface area contributed by atoms with Crippen LogP contribution >= 0.6 is 11.3 Å². The van der Waals surface area contributed by atoms with Crippen molar-refractivity contribution < 1.29 is 14.6 Å². The molecule has 2 fully saturated rings. The second kappa shape index (κ2) is 9.82. The van der Waals surface area contributed by atoms with Crippen molar-refractivity contribution in [2.24, 2.45) is 0 Å². The molecule has 1 unspecified atom stereocenters. The van der Waals surface area contributed by atoms with Gasteiger partial charge in [-0.1, -0.05) is 12.1 Å². The van der Waals surface area contributed by atoms with Crippen molar-refractivity contribution in [1.29, 1.82) is 0 Å². The number of nitrogens with zero attached hydrogens (tertiary/aromatic N) is 2. The van der Waals surface area contributed by atoms with Crippen LogP contribution in [0.5, 0.6) is 0 Å². The molecule has 2 aliphatic rings. The molecule has 33 heavy (non-hydrogen) atoms. The third-order valence-corrected chi connectivity index (χ3v) is 7.22. The summed E-state index contributed by atoms with van der Waals surface area (Å²) >= 11 is 1.66. The Balaban J connectivity index is 1.29. The van der Waals surface area contributed by atoms with E-state index in [2.05, 4.69) is 50.8 Å². The molecule has 5 rings (SSSR count). The van der Waals surface area contributed by atoms with Crippen LogP contribution in [-0.2, 0) is 4.74 Å². The maximum atomic E-state index is 11.3. The van der Waals surface area contributed by atoms with Crippen LogP contribution in [0.25, 0.3) is 10.4 Å². The van der Waals surface area contributed by atoms with E-state index in [0.29, 0.717) is 11.7 Å². The van der Waals surface area contributed by atoms with Crippen molar-refractivity contribution in [3.05, 3.63) is 60.0 Å². The Kier molecular flexibility index (Phi) is 6.48. The maximum absolute atomic E-state index is 11.3. The molecule has 1 amide bonds. The van der Waals surface area contributed by atoms with Gasteiger partial charge in [0.1, 0.15) is 0 Å². The first-order chi connectivity index (χ1) is 16.2. The summed E-state index contributed by atoms with van der Waals surface area (Å²) in [5.41, 5.74) is 4.43. The van der Waals surface area contributed by atoms with Gasteiger partial charge in [0.25, 0.3) is 0 Å². The van der Waals surface area contributed by atoms with Crippen LogP contribution in [0.3, 0.4) is 0 Å². The summed E-state index contributed by atoms with van der Waals surface area (Å²) in [7, 11) is 0. The molecule has 1 aromatic heterocycles. The summed E-state index contributed by atoms with van der Waals surface area (Å²) in [5, 5.41) is 17.2. The number of nitrogens with one attached hydrogen (secondary N) is 2. The lowest BCUT2D eigenvalue weighted by atomic mass is 10.1. The Morgan fingerprint density at radius 1 is 1.03 bits per heavy atom. The van der Waals surface area contributed by atoms with Gasteiger partial charge in [0.05, 0.1) is 24.6 Å². The van der Waals surface area contributed by atoms with Crippen LogP contribution < -0.4 is 15.5 Å². The molecule has 3 heterocycles. The lowest BCUT2D eigenvalue weighted by Gasteiger charge is -2.32. The maximum Gasteiger partial charge on any atom is 0.409 e. The first kappa shape index (κ1) is 21.8. The molecular formula is C25H28N4O3S. The fourth-order valence-corrected chi connectivity index (χ4v) is 5.32. The van der Waals surface area contributed by atoms with E-state index in [1.807, 2.05) is 23.6 Å². The van der Waals surface area contributed by atoms with Crippen molar-refractivity contribution in [2.75, 3.05) is 54.9 Å². The van der Waals surface area contributed by atoms with Gasteiger partial charge < -0.3 is 20.1 Å². The predicted molar refractivity (Wildman–Crippen MR) is 134 cm³/mol. The third kappa shape index (κ3) is 5.13. The highest BCUT2D eigenvalue weighted by molar-refractivity contribution is 7.13. The Bertz CT molecular complexity index is 1080. The van der Waals surface area contributed by atoms with E-state index in [-0.39, 0.29) is 0 Å². The van der Waals surface area contributed by atoms with Crippen molar-refractivity contribution in [3.63, 3.8) is 0 Å². The van der Waals surface area contributed by atoms with E-state index < -0.39 is 6.09 Å². The molecule has 8 heteroatoms. The SMILES string of the molecule is O=C(O)Nc1ccc(-c2cccs2)cc1Nc1ccc(N2CCC(N3CCOCC3)C2)cc1. The molecule has 0 bridgehead atoms. The fourth-order valence-electron chi connectivity index (χ4n) is 4.60. The van der Waals surface area contributed by atoms with Crippen LogP contribution in [0.4, 0.5) is 27.5 Å². The summed E-state index contributed by atoms with van der Waals surface area (Å²) in [6.45, 7) is 5.83. The lowest BCUT2D eigenvalue weighted by molar-refractivity contribution is 0.0209. The molecule has 1 atom stereocenters. The monoisotopic (exact) mass is 464 g/mol. The number of benzene rings is 2. The summed E-state index contributed by atoms with van der Waals surface area (Å²) in [6.07, 6.45) is 0.0980. The van der Waals surface area contributed by atoms with Crippen molar-refractivity contribution >= 4 is 40.2 Å². The molecule has 3 aromatic rings. The summed E-state index contributed by atoms with van der Waals surface area (Å²) in [4.78, 5) is 17.4. The molecule has 0 saturated carbocycles. The molecule has 172 valence electrons. The van der Waals surface area contributed by atoms with E-state index in [4.69, 9.17) is 4.74 Å². The van der Waals surface area contributed by atoms with Crippen LogP contribution in [-0.4, -0.2) is 61.5 Å². The minimum absolute atomic E-state index is 0.528. The highest BCUT2D eigenvalue weighted by Gasteiger charge is 2.28. The Labute approximate surface area is 197 Å². The number of rotatable bonds is 6. The zero-order chi connectivity index (χ0) is 22.6. The van der Waals surface area contributed by atoms with Gasteiger partial charge in [0.2, 0.25) is 0 Å². The molecule has 0 spiro atoms. The van der Waals surface area contributed by atoms with Crippen LogP contribution in [0, 0.1) is 0 Å². The highest BCUT2D eigenvalue weighted by Crippen LogP contribution is 2.34. The van der Waals surface area contributed by atoms with E-state index in [0.717, 1.165) is 61.2 Å². The van der Waals surface area contributed by atoms with Crippen LogP contribution in [0.2, 0.25) is 0 Å². The van der Waals surface area contributed by atoms with Gasteiger partial charge in [-0.15, -0.1) is 11.3 Å². The number of amides is 1. The smallest absolute Gasteiger partial charge is 0.409 e. The van der Waals surface area contributed by atoms with Gasteiger partial charge >= 0.3 is 6.09 Å². The topological polar surface area (TPSA) is 77.1 Å². The average molecular weight is 465 g/mol. The second-order valence-electron chi connectivity index (χ2n) is 8.38. The first-order valence-electron chi connectivity index (χ1n) is 11.3. The van der Waals surface area contributed by atoms with Crippen molar-refractivity contribution in [3.8, 4) is 10.4 Å². The number of carboxylic acid groups (broad SMARTS) is 1. The third-order valence-electron chi connectivity index (χ3n) is 6.30. The van der Waals surface area contributed by atoms with E-state index in [9.17, 15) is 9.90 Å². The number of anilines is 4. The zero-order valence-corrected chi connectivity index (χ0v) is 19.2. The van der Waals surface area contributed by atoms with Crippen molar-refractivity contribution in [2.45, 2.75) is 12.5 Å². The normalized spacial score (nSPS) is 18.9. The minimum Gasteiger partial charge on any atom is -0.465 e. The fraction of sp³-hybridized carbons (Fsp3) is 0.320. The molecular weight excluding hydrogens is 436 g/mol. The number of hydrogen-bond donors (Lipinski definition) is 3. The number of morpholine rings is 1. The van der Waals surface area contributed by atoms with Gasteiger partial charge in [-0.3, -0.25) is 10.2 Å². The van der Waals surface area contributed by atoms with Crippen LogP contribution in [0.15, 0.2) is 60.0 Å². The molecule has 7 nitrogen and oxygen atoms in total. The Hall–Kier alpha value is -3.07. The molecule has 3 N–H and O–H groups in total. The number of carbonyl (C=O) groups is 1. The molecule has 2 aromatic carbocycles. The van der Waals surface area contributed by atoms with Gasteiger partial charge in [0, 0.05) is 48.5 Å². The standard InChI is InChI=1S/C25H28N4O3S/c30-25(31)27-22-8-3-18(24-2-1-15-33-24)16-23(22)26-19-4-6-20(7-5-19)29-10-9-21(17-29)28-11-13-32-14-12-28/h1-8,15-16,21,26-27H,9-14,17H2,(H,30,31). The predicted octanol–water partition coefficient (Wildman–Crippen LogP) is 5.16. The highest BCUT2D eigenvalue weighted by atomic mass is 32.1. The summed E-state index contributed by atoms with van der Waals surface area (Å²) in [6, 6.07) is 18.8. The number of thiophene rings is 1. The minimum atomic E-state index is -1.08. The van der Waals surface area contributed by atoms with Gasteiger partial charge in [0.15, 0.2) is 0 Å². The van der Waals surface area contributed by atoms with E-state index in [1.54, 1.807) is 17.4 Å². The molecule has 2 aliphatic heterocycles. The average Bonchev–Trinajstić information content (AvgIpc) is 3.54. The Morgan fingerprint density at radius 3 is 2.58 bits per heavy atom. The van der Waals surface area contributed by atoms with Crippen molar-refractivity contribution in [1.82, 2.24) is 4.90 Å². The second-order valence-corrected chi connectivity index (χ2v) is 9.32. The van der Waals surface area contributed by atoms with Gasteiger partial charge in [-0.2, -0.15) is 0 Å². The van der Waals surface area contributed by atoms with Gasteiger partial charge in [-0.05, 0) is 59.8 Å². The zero-order valence-electron chi connectivity index (χ0n) is 18.4. The number of hydrogen-bond acceptors (Lipinski definition) is 6. The first-order valence-corrected chi connectivity index (χ1v) is 12.2. The quantitative estimate of drug-likeness (QED) is 0.468. The van der Waals surface area contributed by atoms with Crippen LogP contribution in [0.1, 0.15) is 6.42 Å². The largest absolute Gasteiger partial charge is 0.465 e.